The average Bonchev–Trinajstić information content (AvgIpc) is 1.86. The molecule has 0 fully saturated rings. The first-order valence-corrected chi connectivity index (χ1v) is 5.04. The Kier molecular flexibility index (Phi) is 2.76. The fourth-order valence-corrected chi connectivity index (χ4v) is 1.96. The van der Waals surface area contributed by atoms with Gasteiger partial charge in [-0.1, -0.05) is 56.1 Å². The van der Waals surface area contributed by atoms with Gasteiger partial charge in [0.2, 0.25) is 0 Å². The predicted octanol–water partition coefficient (Wildman–Crippen LogP) is 3.96. The standard InChI is InChI=1S/C9H10Br2/c1-7-5-3-4-6-8(7)9(2,10)11/h3-6H,1-2H3. The predicted molar refractivity (Wildman–Crippen MR) is 56.4 cm³/mol. The van der Waals surface area contributed by atoms with Gasteiger partial charge in [-0.05, 0) is 25.0 Å². The third-order valence-electron chi connectivity index (χ3n) is 1.62. The largest absolute Gasteiger partial charge is 0.103 e. The SMILES string of the molecule is Cc1ccccc1C(C)(Br)Br. The normalized spacial score (nSPS) is 11.6. The summed E-state index contributed by atoms with van der Waals surface area (Å²) >= 11 is 7.11. The Morgan fingerprint density at radius 1 is 1.18 bits per heavy atom. The van der Waals surface area contributed by atoms with E-state index in [-0.39, 0.29) is 3.23 Å². The van der Waals surface area contributed by atoms with Crippen molar-refractivity contribution < 1.29 is 0 Å². The van der Waals surface area contributed by atoms with Crippen LogP contribution in [0.5, 0.6) is 0 Å². The molecule has 0 saturated heterocycles. The van der Waals surface area contributed by atoms with Gasteiger partial charge >= 0.3 is 0 Å². The Morgan fingerprint density at radius 2 is 1.73 bits per heavy atom. The molecule has 1 rings (SSSR count). The lowest BCUT2D eigenvalue weighted by molar-refractivity contribution is 1.04. The zero-order valence-corrected chi connectivity index (χ0v) is 9.74. The summed E-state index contributed by atoms with van der Waals surface area (Å²) in [5.41, 5.74) is 2.57. The maximum atomic E-state index is 3.55. The van der Waals surface area contributed by atoms with Gasteiger partial charge in [-0.2, -0.15) is 0 Å². The van der Waals surface area contributed by atoms with Crippen LogP contribution in [0.2, 0.25) is 0 Å². The van der Waals surface area contributed by atoms with Gasteiger partial charge in [-0.3, -0.25) is 0 Å². The summed E-state index contributed by atoms with van der Waals surface area (Å²) in [6.07, 6.45) is 0. The minimum Gasteiger partial charge on any atom is -0.0677 e. The van der Waals surface area contributed by atoms with Crippen molar-refractivity contribution in [2.24, 2.45) is 0 Å². The van der Waals surface area contributed by atoms with Crippen LogP contribution in [0.4, 0.5) is 0 Å². The fourth-order valence-electron chi connectivity index (χ4n) is 1.07. The first-order chi connectivity index (χ1) is 5.02. The van der Waals surface area contributed by atoms with Crippen molar-refractivity contribution in [1.82, 2.24) is 0 Å². The van der Waals surface area contributed by atoms with E-state index >= 15 is 0 Å². The van der Waals surface area contributed by atoms with E-state index in [0.717, 1.165) is 0 Å². The summed E-state index contributed by atoms with van der Waals surface area (Å²) in [7, 11) is 0. The van der Waals surface area contributed by atoms with Crippen LogP contribution in [0, 0.1) is 6.92 Å². The highest BCUT2D eigenvalue weighted by molar-refractivity contribution is 9.24. The second-order valence-corrected chi connectivity index (χ2v) is 6.94. The molecule has 1 aromatic rings. The Hall–Kier alpha value is 0.180. The summed E-state index contributed by atoms with van der Waals surface area (Å²) in [6, 6.07) is 8.31. The van der Waals surface area contributed by atoms with Crippen molar-refractivity contribution in [1.29, 1.82) is 0 Å². The molecule has 0 heterocycles. The molecule has 0 atom stereocenters. The van der Waals surface area contributed by atoms with Gasteiger partial charge in [0.05, 0.1) is 0 Å². The summed E-state index contributed by atoms with van der Waals surface area (Å²) in [6.45, 7) is 4.19. The quantitative estimate of drug-likeness (QED) is 0.682. The van der Waals surface area contributed by atoms with Crippen LogP contribution in [-0.2, 0) is 3.23 Å². The van der Waals surface area contributed by atoms with Gasteiger partial charge in [0.1, 0.15) is 3.23 Å². The molecule has 0 aliphatic rings. The van der Waals surface area contributed by atoms with E-state index in [0.29, 0.717) is 0 Å². The lowest BCUT2D eigenvalue weighted by Gasteiger charge is -2.16. The summed E-state index contributed by atoms with van der Waals surface area (Å²) in [5.74, 6) is 0. The molecule has 0 unspecified atom stereocenters. The number of aryl methyl sites for hydroxylation is 1. The lowest BCUT2D eigenvalue weighted by Crippen LogP contribution is -2.03. The molecule has 0 amide bonds. The molecule has 60 valence electrons. The molecule has 2 heteroatoms. The fraction of sp³-hybridized carbons (Fsp3) is 0.333. The van der Waals surface area contributed by atoms with E-state index in [1.165, 1.54) is 11.1 Å². The molecule has 1 aromatic carbocycles. The average molecular weight is 278 g/mol. The van der Waals surface area contributed by atoms with Crippen LogP contribution in [0.3, 0.4) is 0 Å². The summed E-state index contributed by atoms with van der Waals surface area (Å²) in [5, 5.41) is 0. The summed E-state index contributed by atoms with van der Waals surface area (Å²) < 4.78 is -0.0919. The molecular formula is C9H10Br2. The Balaban J connectivity index is 3.14. The maximum absolute atomic E-state index is 3.55. The molecule has 0 radical (unpaired) electrons. The van der Waals surface area contributed by atoms with Gasteiger partial charge in [0, 0.05) is 0 Å². The lowest BCUT2D eigenvalue weighted by atomic mass is 10.1. The number of alkyl halides is 2. The second kappa shape index (κ2) is 3.28. The Morgan fingerprint density at radius 3 is 2.09 bits per heavy atom. The molecular weight excluding hydrogens is 268 g/mol. The van der Waals surface area contributed by atoms with Crippen LogP contribution < -0.4 is 0 Å². The van der Waals surface area contributed by atoms with E-state index in [1.807, 2.05) is 12.1 Å². The van der Waals surface area contributed by atoms with Gasteiger partial charge in [0.15, 0.2) is 0 Å². The van der Waals surface area contributed by atoms with E-state index < -0.39 is 0 Å². The highest BCUT2D eigenvalue weighted by Crippen LogP contribution is 2.38. The zero-order chi connectivity index (χ0) is 8.48. The monoisotopic (exact) mass is 276 g/mol. The minimum absolute atomic E-state index is 0.0919. The van der Waals surface area contributed by atoms with Crippen molar-refractivity contribution in [3.8, 4) is 0 Å². The maximum Gasteiger partial charge on any atom is 0.103 e. The van der Waals surface area contributed by atoms with Gasteiger partial charge in [0.25, 0.3) is 0 Å². The zero-order valence-electron chi connectivity index (χ0n) is 6.57. The van der Waals surface area contributed by atoms with Crippen LogP contribution in [0.25, 0.3) is 0 Å². The molecule has 0 bridgehead atoms. The first kappa shape index (κ1) is 9.27. The summed E-state index contributed by atoms with van der Waals surface area (Å²) in [4.78, 5) is 0. The molecule has 0 aliphatic heterocycles. The minimum atomic E-state index is -0.0919. The topological polar surface area (TPSA) is 0 Å². The van der Waals surface area contributed by atoms with Crippen LogP contribution in [0.15, 0.2) is 24.3 Å². The van der Waals surface area contributed by atoms with Crippen molar-refractivity contribution >= 4 is 31.9 Å². The molecule has 0 saturated carbocycles. The van der Waals surface area contributed by atoms with Gasteiger partial charge < -0.3 is 0 Å². The Bertz CT molecular complexity index is 248. The molecule has 0 aromatic heterocycles. The number of halogens is 2. The Labute approximate surface area is 84.3 Å². The molecule has 0 spiro atoms. The first-order valence-electron chi connectivity index (χ1n) is 3.46. The molecule has 0 N–H and O–H groups in total. The van der Waals surface area contributed by atoms with Crippen molar-refractivity contribution in [3.05, 3.63) is 35.4 Å². The third kappa shape index (κ3) is 2.31. The number of hydrogen-bond donors (Lipinski definition) is 0. The highest BCUT2D eigenvalue weighted by atomic mass is 79.9. The smallest absolute Gasteiger partial charge is 0.0677 e. The third-order valence-corrected chi connectivity index (χ3v) is 2.47. The highest BCUT2D eigenvalue weighted by Gasteiger charge is 2.19. The van der Waals surface area contributed by atoms with Crippen LogP contribution in [-0.4, -0.2) is 0 Å². The van der Waals surface area contributed by atoms with Gasteiger partial charge in [-0.15, -0.1) is 0 Å². The molecule has 0 aliphatic carbocycles. The van der Waals surface area contributed by atoms with Gasteiger partial charge in [-0.25, -0.2) is 0 Å². The van der Waals surface area contributed by atoms with E-state index in [9.17, 15) is 0 Å². The van der Waals surface area contributed by atoms with Crippen LogP contribution >= 0.6 is 31.9 Å². The molecule has 0 nitrogen and oxygen atoms in total. The second-order valence-electron chi connectivity index (χ2n) is 2.70. The van der Waals surface area contributed by atoms with Crippen LogP contribution in [0.1, 0.15) is 18.1 Å². The number of rotatable bonds is 1. The van der Waals surface area contributed by atoms with Crippen molar-refractivity contribution in [2.45, 2.75) is 17.1 Å². The number of hydrogen-bond acceptors (Lipinski definition) is 0. The van der Waals surface area contributed by atoms with E-state index in [2.05, 4.69) is 57.8 Å². The number of benzene rings is 1. The van der Waals surface area contributed by atoms with E-state index in [1.54, 1.807) is 0 Å². The van der Waals surface area contributed by atoms with Crippen molar-refractivity contribution in [2.75, 3.05) is 0 Å². The molecule has 11 heavy (non-hydrogen) atoms. The van der Waals surface area contributed by atoms with E-state index in [4.69, 9.17) is 0 Å². The van der Waals surface area contributed by atoms with Crippen molar-refractivity contribution in [3.63, 3.8) is 0 Å².